The van der Waals surface area contributed by atoms with Crippen molar-refractivity contribution >= 4 is 32.4 Å². The Bertz CT molecular complexity index is 785. The second-order valence-electron chi connectivity index (χ2n) is 4.06. The Kier molecular flexibility index (Phi) is 4.68. The van der Waals surface area contributed by atoms with Crippen LogP contribution < -0.4 is 15.2 Å². The minimum absolute atomic E-state index is 0.0495. The highest BCUT2D eigenvalue weighted by atomic mass is 32.2. The van der Waals surface area contributed by atoms with Crippen LogP contribution in [0.4, 0.5) is 5.13 Å². The van der Waals surface area contributed by atoms with Gasteiger partial charge >= 0.3 is 0 Å². The van der Waals surface area contributed by atoms with Gasteiger partial charge in [-0.05, 0) is 13.8 Å². The fourth-order valence-corrected chi connectivity index (χ4v) is 3.37. The van der Waals surface area contributed by atoms with Crippen LogP contribution in [0, 0.1) is 6.92 Å². The molecular formula is C11H13N5O4S2. The lowest BCUT2D eigenvalue weighted by molar-refractivity contribution is 0.102. The predicted octanol–water partition coefficient (Wildman–Crippen LogP) is 0.540. The van der Waals surface area contributed by atoms with E-state index < -0.39 is 15.9 Å². The predicted molar refractivity (Wildman–Crippen MR) is 79.4 cm³/mol. The summed E-state index contributed by atoms with van der Waals surface area (Å²) in [4.78, 5) is 23.7. The van der Waals surface area contributed by atoms with Gasteiger partial charge in [-0.3, -0.25) is 10.1 Å². The lowest BCUT2D eigenvalue weighted by Gasteiger charge is -2.02. The SMILES string of the molecule is CCOc1cnc(C(=O)Nc2nc(C)c(S(N)(=O)=O)s2)cn1. The van der Waals surface area contributed by atoms with E-state index in [1.807, 2.05) is 0 Å². The molecule has 2 rings (SSSR count). The molecule has 0 spiro atoms. The van der Waals surface area contributed by atoms with Crippen molar-refractivity contribution in [3.63, 3.8) is 0 Å². The molecule has 9 nitrogen and oxygen atoms in total. The molecule has 2 heterocycles. The fraction of sp³-hybridized carbons (Fsp3) is 0.273. The lowest BCUT2D eigenvalue weighted by atomic mass is 10.4. The molecule has 0 bridgehead atoms. The number of aromatic nitrogens is 3. The Balaban J connectivity index is 2.15. The zero-order chi connectivity index (χ0) is 16.3. The van der Waals surface area contributed by atoms with Gasteiger partial charge in [-0.25, -0.2) is 28.5 Å². The largest absolute Gasteiger partial charge is 0.477 e. The minimum Gasteiger partial charge on any atom is -0.477 e. The first-order valence-corrected chi connectivity index (χ1v) is 8.44. The Labute approximate surface area is 130 Å². The van der Waals surface area contributed by atoms with Crippen LogP contribution in [0.5, 0.6) is 5.88 Å². The van der Waals surface area contributed by atoms with Crippen LogP contribution in [0.3, 0.4) is 0 Å². The molecule has 0 aliphatic rings. The average Bonchev–Trinajstić information content (AvgIpc) is 2.80. The van der Waals surface area contributed by atoms with Crippen molar-refractivity contribution in [1.29, 1.82) is 0 Å². The molecule has 0 radical (unpaired) electrons. The number of nitrogens with one attached hydrogen (secondary N) is 1. The van der Waals surface area contributed by atoms with Crippen molar-refractivity contribution < 1.29 is 17.9 Å². The van der Waals surface area contributed by atoms with E-state index in [0.717, 1.165) is 11.3 Å². The number of hydrogen-bond donors (Lipinski definition) is 2. The average molecular weight is 343 g/mol. The Morgan fingerprint density at radius 1 is 1.41 bits per heavy atom. The van der Waals surface area contributed by atoms with E-state index in [1.165, 1.54) is 19.3 Å². The first-order chi connectivity index (χ1) is 10.3. The summed E-state index contributed by atoms with van der Waals surface area (Å²) in [7, 11) is -3.86. The van der Waals surface area contributed by atoms with Crippen molar-refractivity contribution in [1.82, 2.24) is 15.0 Å². The molecule has 2 aromatic heterocycles. The molecule has 0 aromatic carbocycles. The first kappa shape index (κ1) is 16.3. The van der Waals surface area contributed by atoms with Crippen LogP contribution >= 0.6 is 11.3 Å². The van der Waals surface area contributed by atoms with E-state index in [9.17, 15) is 13.2 Å². The maximum absolute atomic E-state index is 12.0. The number of aryl methyl sites for hydroxylation is 1. The summed E-state index contributed by atoms with van der Waals surface area (Å²) >= 11 is 0.772. The monoisotopic (exact) mass is 343 g/mol. The van der Waals surface area contributed by atoms with Gasteiger partial charge < -0.3 is 4.74 Å². The van der Waals surface area contributed by atoms with Gasteiger partial charge in [0.05, 0.1) is 24.7 Å². The Morgan fingerprint density at radius 2 is 2.14 bits per heavy atom. The van der Waals surface area contributed by atoms with E-state index in [2.05, 4.69) is 20.3 Å². The maximum atomic E-state index is 12.0. The number of hydrogen-bond acceptors (Lipinski definition) is 8. The van der Waals surface area contributed by atoms with Gasteiger partial charge in [-0.1, -0.05) is 11.3 Å². The normalized spacial score (nSPS) is 11.2. The molecule has 22 heavy (non-hydrogen) atoms. The van der Waals surface area contributed by atoms with Crippen molar-refractivity contribution in [3.8, 4) is 5.88 Å². The number of rotatable bonds is 5. The molecule has 118 valence electrons. The van der Waals surface area contributed by atoms with Gasteiger partial charge in [0, 0.05) is 0 Å². The van der Waals surface area contributed by atoms with Crippen LogP contribution in [-0.4, -0.2) is 35.9 Å². The van der Waals surface area contributed by atoms with Gasteiger partial charge in [-0.2, -0.15) is 0 Å². The zero-order valence-electron chi connectivity index (χ0n) is 11.7. The van der Waals surface area contributed by atoms with Crippen LogP contribution in [-0.2, 0) is 10.0 Å². The molecule has 11 heteroatoms. The molecular weight excluding hydrogens is 330 g/mol. The highest BCUT2D eigenvalue weighted by molar-refractivity contribution is 7.91. The van der Waals surface area contributed by atoms with E-state index in [-0.39, 0.29) is 20.7 Å². The number of amides is 1. The van der Waals surface area contributed by atoms with Crippen LogP contribution in [0.15, 0.2) is 16.6 Å². The summed E-state index contributed by atoms with van der Waals surface area (Å²) in [5.74, 6) is -0.258. The van der Waals surface area contributed by atoms with Crippen LogP contribution in [0.25, 0.3) is 0 Å². The number of primary sulfonamides is 1. The number of carbonyl (C=O) groups is 1. The molecule has 1 amide bonds. The van der Waals surface area contributed by atoms with Crippen molar-refractivity contribution in [2.24, 2.45) is 5.14 Å². The number of thiazole rings is 1. The third-order valence-corrected chi connectivity index (χ3v) is 5.01. The number of sulfonamides is 1. The topological polar surface area (TPSA) is 137 Å². The Hall–Kier alpha value is -2.11. The van der Waals surface area contributed by atoms with Gasteiger partial charge in [0.25, 0.3) is 5.91 Å². The summed E-state index contributed by atoms with van der Waals surface area (Å²) < 4.78 is 27.7. The maximum Gasteiger partial charge on any atom is 0.277 e. The van der Waals surface area contributed by atoms with Crippen molar-refractivity contribution in [2.75, 3.05) is 11.9 Å². The quantitative estimate of drug-likeness (QED) is 0.808. The summed E-state index contributed by atoms with van der Waals surface area (Å²) in [6.07, 6.45) is 2.57. The van der Waals surface area contributed by atoms with E-state index >= 15 is 0 Å². The van der Waals surface area contributed by atoms with Crippen LogP contribution in [0.1, 0.15) is 23.1 Å². The number of nitrogens with zero attached hydrogens (tertiary/aromatic N) is 3. The highest BCUT2D eigenvalue weighted by Gasteiger charge is 2.19. The third kappa shape index (κ3) is 3.75. The molecule has 0 atom stereocenters. The summed E-state index contributed by atoms with van der Waals surface area (Å²) in [5.41, 5.74) is 0.272. The second-order valence-corrected chi connectivity index (χ2v) is 6.82. The van der Waals surface area contributed by atoms with Crippen LogP contribution in [0.2, 0.25) is 0 Å². The summed E-state index contributed by atoms with van der Waals surface area (Å²) in [5, 5.41) is 7.61. The Morgan fingerprint density at radius 3 is 2.64 bits per heavy atom. The number of carbonyl (C=O) groups excluding carboxylic acids is 1. The smallest absolute Gasteiger partial charge is 0.277 e. The molecule has 0 aliphatic carbocycles. The molecule has 3 N–H and O–H groups in total. The molecule has 0 aliphatic heterocycles. The lowest BCUT2D eigenvalue weighted by Crippen LogP contribution is -2.14. The van der Waals surface area contributed by atoms with Crippen molar-refractivity contribution in [2.45, 2.75) is 18.1 Å². The van der Waals surface area contributed by atoms with Gasteiger partial charge in [0.1, 0.15) is 5.69 Å². The molecule has 0 unspecified atom stereocenters. The standard InChI is InChI=1S/C11H13N5O4S2/c1-3-20-8-5-13-7(4-14-8)9(17)16-11-15-6(2)10(21-11)22(12,18)19/h4-5H,3H2,1-2H3,(H2,12,18,19)(H,15,16,17). The van der Waals surface area contributed by atoms with Gasteiger partial charge in [0.2, 0.25) is 15.9 Å². The van der Waals surface area contributed by atoms with E-state index in [0.29, 0.717) is 12.5 Å². The van der Waals surface area contributed by atoms with E-state index in [4.69, 9.17) is 9.88 Å². The highest BCUT2D eigenvalue weighted by Crippen LogP contribution is 2.26. The number of ether oxygens (including phenoxy) is 1. The first-order valence-electron chi connectivity index (χ1n) is 6.07. The molecule has 0 saturated carbocycles. The number of anilines is 1. The summed E-state index contributed by atoms with van der Waals surface area (Å²) in [6, 6.07) is 0. The van der Waals surface area contributed by atoms with Gasteiger partial charge in [-0.15, -0.1) is 0 Å². The molecule has 0 fully saturated rings. The number of nitrogens with two attached hydrogens (primary N) is 1. The molecule has 2 aromatic rings. The van der Waals surface area contributed by atoms with Crippen molar-refractivity contribution in [3.05, 3.63) is 23.8 Å². The second kappa shape index (κ2) is 6.34. The third-order valence-electron chi connectivity index (χ3n) is 2.39. The molecule has 0 saturated heterocycles. The minimum atomic E-state index is -3.86. The zero-order valence-corrected chi connectivity index (χ0v) is 13.4. The van der Waals surface area contributed by atoms with E-state index in [1.54, 1.807) is 6.92 Å². The summed E-state index contributed by atoms with van der Waals surface area (Å²) in [6.45, 7) is 3.73. The van der Waals surface area contributed by atoms with Gasteiger partial charge in [0.15, 0.2) is 9.34 Å². The fourth-order valence-electron chi connectivity index (χ4n) is 1.52.